The van der Waals surface area contributed by atoms with Gasteiger partial charge in [0.2, 0.25) is 0 Å². The normalized spacial score (nSPS) is 18.3. The molecule has 5 nitrogen and oxygen atoms in total. The van der Waals surface area contributed by atoms with E-state index < -0.39 is 27.5 Å². The van der Waals surface area contributed by atoms with Gasteiger partial charge in [-0.05, 0) is 24.6 Å². The number of benzene rings is 2. The molecule has 1 aliphatic rings. The topological polar surface area (TPSA) is 74.7 Å². The average molecular weight is 343 g/mol. The number of aliphatic hydroxyl groups is 1. The summed E-state index contributed by atoms with van der Waals surface area (Å²) in [5.74, 6) is -1.43. The highest BCUT2D eigenvalue weighted by atomic mass is 32.2. The Kier molecular flexibility index (Phi) is 3.93. The number of carbonyl (C=O) groups excluding carboxylic acids is 1. The van der Waals surface area contributed by atoms with E-state index in [0.29, 0.717) is 11.3 Å². The predicted octanol–water partition coefficient (Wildman–Crippen LogP) is 2.90. The third-order valence-corrected chi connectivity index (χ3v) is 5.20. The number of aliphatic hydroxyl groups excluding tert-OH is 1. The molecule has 6 heteroatoms. The maximum atomic E-state index is 12.6. The van der Waals surface area contributed by atoms with E-state index in [1.807, 2.05) is 19.1 Å². The average Bonchev–Trinajstić information content (AvgIpc) is 2.81. The van der Waals surface area contributed by atoms with Gasteiger partial charge < -0.3 is 5.11 Å². The summed E-state index contributed by atoms with van der Waals surface area (Å²) < 4.78 is 24.4. The third kappa shape index (κ3) is 2.69. The van der Waals surface area contributed by atoms with Crippen molar-refractivity contribution >= 4 is 21.4 Å². The Morgan fingerprint density at radius 3 is 2.12 bits per heavy atom. The van der Waals surface area contributed by atoms with Crippen molar-refractivity contribution in [3.63, 3.8) is 0 Å². The zero-order valence-electron chi connectivity index (χ0n) is 13.3. The molecule has 0 bridgehead atoms. The summed E-state index contributed by atoms with van der Waals surface area (Å²) in [7, 11) is -3.77. The largest absolute Gasteiger partial charge is 0.502 e. The molecule has 0 spiro atoms. The van der Waals surface area contributed by atoms with E-state index in [9.17, 15) is 18.3 Å². The van der Waals surface area contributed by atoms with Crippen LogP contribution >= 0.6 is 0 Å². The molecule has 0 radical (unpaired) electrons. The van der Waals surface area contributed by atoms with Gasteiger partial charge in [-0.2, -0.15) is 0 Å². The molecule has 3 rings (SSSR count). The van der Waals surface area contributed by atoms with E-state index in [1.54, 1.807) is 42.5 Å². The van der Waals surface area contributed by atoms with E-state index in [4.69, 9.17) is 0 Å². The van der Waals surface area contributed by atoms with Gasteiger partial charge in [0.05, 0.1) is 0 Å². The number of sulfone groups is 1. The number of hydrogen-bond acceptors (Lipinski definition) is 4. The SMILES string of the molecule is Cc1ccc([C@@H]2C(S(C)(=O)=O)=C(O)C(=O)N2c2ccccc2)cc1. The van der Waals surface area contributed by atoms with Crippen LogP contribution in [0.4, 0.5) is 5.69 Å². The van der Waals surface area contributed by atoms with Crippen molar-refractivity contribution in [2.75, 3.05) is 11.2 Å². The molecular formula is C18H17NO4S. The Bertz CT molecular complexity index is 915. The monoisotopic (exact) mass is 343 g/mol. The minimum Gasteiger partial charge on any atom is -0.502 e. The molecule has 0 fully saturated rings. The molecule has 1 heterocycles. The lowest BCUT2D eigenvalue weighted by molar-refractivity contribution is -0.117. The first-order chi connectivity index (χ1) is 11.3. The number of aryl methyl sites for hydroxylation is 1. The second kappa shape index (κ2) is 5.79. The van der Waals surface area contributed by atoms with Crippen molar-refractivity contribution < 1.29 is 18.3 Å². The number of carbonyl (C=O) groups is 1. The van der Waals surface area contributed by atoms with Gasteiger partial charge in [-0.1, -0.05) is 48.0 Å². The quantitative estimate of drug-likeness (QED) is 0.930. The fourth-order valence-electron chi connectivity index (χ4n) is 2.87. The molecule has 124 valence electrons. The first kappa shape index (κ1) is 16.3. The molecule has 1 amide bonds. The Hall–Kier alpha value is -2.60. The fraction of sp³-hybridized carbons (Fsp3) is 0.167. The summed E-state index contributed by atoms with van der Waals surface area (Å²) in [6, 6.07) is 15.1. The zero-order valence-corrected chi connectivity index (χ0v) is 14.1. The zero-order chi connectivity index (χ0) is 17.5. The molecule has 0 unspecified atom stereocenters. The van der Waals surface area contributed by atoms with Crippen LogP contribution in [0.5, 0.6) is 0 Å². The highest BCUT2D eigenvalue weighted by molar-refractivity contribution is 7.94. The van der Waals surface area contributed by atoms with Crippen molar-refractivity contribution in [3.8, 4) is 0 Å². The molecule has 2 aromatic carbocycles. The lowest BCUT2D eigenvalue weighted by Gasteiger charge is -2.26. The van der Waals surface area contributed by atoms with Crippen LogP contribution in [-0.4, -0.2) is 25.7 Å². The minimum atomic E-state index is -3.77. The van der Waals surface area contributed by atoms with Crippen LogP contribution in [0.3, 0.4) is 0 Å². The maximum Gasteiger partial charge on any atom is 0.295 e. The van der Waals surface area contributed by atoms with Crippen molar-refractivity contribution in [2.24, 2.45) is 0 Å². The van der Waals surface area contributed by atoms with E-state index in [0.717, 1.165) is 11.8 Å². The van der Waals surface area contributed by atoms with Crippen LogP contribution in [0.2, 0.25) is 0 Å². The highest BCUT2D eigenvalue weighted by Crippen LogP contribution is 2.42. The second-order valence-electron chi connectivity index (χ2n) is 5.81. The number of rotatable bonds is 3. The smallest absolute Gasteiger partial charge is 0.295 e. The van der Waals surface area contributed by atoms with Crippen molar-refractivity contribution in [1.82, 2.24) is 0 Å². The molecular weight excluding hydrogens is 326 g/mol. The van der Waals surface area contributed by atoms with Gasteiger partial charge in [-0.25, -0.2) is 8.42 Å². The minimum absolute atomic E-state index is 0.264. The number of hydrogen-bond donors (Lipinski definition) is 1. The second-order valence-corrected chi connectivity index (χ2v) is 7.79. The van der Waals surface area contributed by atoms with Gasteiger partial charge in [0.15, 0.2) is 15.6 Å². The Morgan fingerprint density at radius 1 is 1.00 bits per heavy atom. The molecule has 1 N–H and O–H groups in total. The Labute approximate surface area is 140 Å². The van der Waals surface area contributed by atoms with Crippen molar-refractivity contribution in [1.29, 1.82) is 0 Å². The first-order valence-corrected chi connectivity index (χ1v) is 9.28. The summed E-state index contributed by atoms with van der Waals surface area (Å²) in [5, 5.41) is 10.2. The van der Waals surface area contributed by atoms with E-state index in [2.05, 4.69) is 0 Å². The van der Waals surface area contributed by atoms with Gasteiger partial charge in [-0.15, -0.1) is 0 Å². The summed E-state index contributed by atoms with van der Waals surface area (Å²) in [5.41, 5.74) is 2.17. The lowest BCUT2D eigenvalue weighted by atomic mass is 10.0. The molecule has 1 atom stereocenters. The van der Waals surface area contributed by atoms with Crippen LogP contribution in [0.15, 0.2) is 65.3 Å². The van der Waals surface area contributed by atoms with E-state index in [1.165, 1.54) is 4.90 Å². The maximum absolute atomic E-state index is 12.6. The molecule has 2 aromatic rings. The van der Waals surface area contributed by atoms with E-state index >= 15 is 0 Å². The Morgan fingerprint density at radius 2 is 1.58 bits per heavy atom. The lowest BCUT2D eigenvalue weighted by Crippen LogP contribution is -2.30. The number of amides is 1. The molecule has 0 aliphatic carbocycles. The van der Waals surface area contributed by atoms with Crippen LogP contribution in [0.25, 0.3) is 0 Å². The summed E-state index contributed by atoms with van der Waals surface area (Å²) in [6.45, 7) is 1.92. The Balaban J connectivity index is 2.23. The van der Waals surface area contributed by atoms with Gasteiger partial charge in [-0.3, -0.25) is 9.69 Å². The third-order valence-electron chi connectivity index (χ3n) is 3.99. The van der Waals surface area contributed by atoms with Gasteiger partial charge in [0.25, 0.3) is 5.91 Å². The molecule has 0 saturated heterocycles. The standard InChI is InChI=1S/C18H17NO4S/c1-12-8-10-13(11-9-12)15-17(24(2,22)23)16(20)18(21)19(15)14-6-4-3-5-7-14/h3-11,15,20H,1-2H3/t15-/m1/s1. The molecule has 0 saturated carbocycles. The number of para-hydroxylation sites is 1. The molecule has 24 heavy (non-hydrogen) atoms. The van der Waals surface area contributed by atoms with E-state index in [-0.39, 0.29) is 4.91 Å². The summed E-state index contributed by atoms with van der Waals surface area (Å²) in [4.78, 5) is 13.6. The fourth-order valence-corrected chi connectivity index (χ4v) is 3.95. The van der Waals surface area contributed by atoms with Crippen molar-refractivity contribution in [3.05, 3.63) is 76.4 Å². The first-order valence-electron chi connectivity index (χ1n) is 7.39. The van der Waals surface area contributed by atoms with Gasteiger partial charge in [0.1, 0.15) is 10.9 Å². The van der Waals surface area contributed by atoms with Crippen LogP contribution in [0, 0.1) is 6.92 Å². The van der Waals surface area contributed by atoms with Gasteiger partial charge >= 0.3 is 0 Å². The van der Waals surface area contributed by atoms with Gasteiger partial charge in [0, 0.05) is 11.9 Å². The highest BCUT2D eigenvalue weighted by Gasteiger charge is 2.45. The number of nitrogens with zero attached hydrogens (tertiary/aromatic N) is 1. The van der Waals surface area contributed by atoms with Crippen molar-refractivity contribution in [2.45, 2.75) is 13.0 Å². The predicted molar refractivity (Wildman–Crippen MR) is 92.3 cm³/mol. The molecule has 0 aromatic heterocycles. The number of anilines is 1. The van der Waals surface area contributed by atoms with Crippen LogP contribution < -0.4 is 4.90 Å². The van der Waals surface area contributed by atoms with Crippen LogP contribution in [-0.2, 0) is 14.6 Å². The summed E-state index contributed by atoms with van der Waals surface area (Å²) in [6.07, 6.45) is 1.00. The summed E-state index contributed by atoms with van der Waals surface area (Å²) >= 11 is 0. The van der Waals surface area contributed by atoms with Crippen LogP contribution in [0.1, 0.15) is 17.2 Å². The molecule has 1 aliphatic heterocycles.